The summed E-state index contributed by atoms with van der Waals surface area (Å²) in [5.74, 6) is -0.635. The molecule has 2 amide bonds. The minimum absolute atomic E-state index is 0.106. The number of nitrogens with zero attached hydrogens (tertiary/aromatic N) is 1. The first-order chi connectivity index (χ1) is 15.6. The fourth-order valence-corrected chi connectivity index (χ4v) is 4.75. The van der Waals surface area contributed by atoms with Gasteiger partial charge in [-0.2, -0.15) is 0 Å². The second kappa shape index (κ2) is 9.99. The Hall–Kier alpha value is -2.46. The van der Waals surface area contributed by atoms with Crippen molar-refractivity contribution in [1.82, 2.24) is 10.2 Å². The summed E-state index contributed by atoms with van der Waals surface area (Å²) < 4.78 is 16.7. The molecule has 0 saturated carbocycles. The number of hydrogen-bond donors (Lipinski definition) is 3. The number of aliphatic hydroxyl groups is 2. The molecule has 0 bridgehead atoms. The monoisotopic (exact) mass is 446 g/mol. The van der Waals surface area contributed by atoms with Gasteiger partial charge in [0.1, 0.15) is 18.0 Å². The fraction of sp³-hybridized carbons (Fsp3) is 0.565. The van der Waals surface area contributed by atoms with Gasteiger partial charge in [0, 0.05) is 37.9 Å². The van der Waals surface area contributed by atoms with E-state index >= 15 is 0 Å². The van der Waals surface area contributed by atoms with E-state index in [9.17, 15) is 14.7 Å². The minimum atomic E-state index is -1.04. The number of amides is 2. The maximum Gasteiger partial charge on any atom is 0.247 e. The molecule has 0 radical (unpaired) electrons. The average molecular weight is 447 g/mol. The van der Waals surface area contributed by atoms with E-state index in [1.165, 1.54) is 0 Å². The molecule has 9 nitrogen and oxygen atoms in total. The van der Waals surface area contributed by atoms with Gasteiger partial charge < -0.3 is 34.6 Å². The van der Waals surface area contributed by atoms with Crippen LogP contribution in [0.2, 0.25) is 0 Å². The second-order valence-electron chi connectivity index (χ2n) is 8.27. The van der Waals surface area contributed by atoms with Crippen LogP contribution in [0.1, 0.15) is 17.9 Å². The maximum absolute atomic E-state index is 13.3. The smallest absolute Gasteiger partial charge is 0.247 e. The van der Waals surface area contributed by atoms with E-state index in [1.54, 1.807) is 18.1 Å². The Morgan fingerprint density at radius 1 is 1.31 bits per heavy atom. The highest BCUT2D eigenvalue weighted by Gasteiger charge is 2.50. The van der Waals surface area contributed by atoms with Crippen LogP contribution in [-0.4, -0.2) is 91.8 Å². The van der Waals surface area contributed by atoms with Crippen LogP contribution in [0.15, 0.2) is 35.9 Å². The van der Waals surface area contributed by atoms with Gasteiger partial charge in [-0.15, -0.1) is 0 Å². The lowest BCUT2D eigenvalue weighted by Crippen LogP contribution is -2.57. The largest absolute Gasteiger partial charge is 0.486 e. The van der Waals surface area contributed by atoms with Gasteiger partial charge in [0.15, 0.2) is 0 Å². The Morgan fingerprint density at radius 3 is 2.84 bits per heavy atom. The fourth-order valence-electron chi connectivity index (χ4n) is 4.75. The van der Waals surface area contributed by atoms with E-state index in [0.717, 1.165) is 5.56 Å². The van der Waals surface area contributed by atoms with Gasteiger partial charge in [-0.25, -0.2) is 0 Å². The zero-order valence-corrected chi connectivity index (χ0v) is 18.1. The summed E-state index contributed by atoms with van der Waals surface area (Å²) in [6.07, 6.45) is 0.542. The van der Waals surface area contributed by atoms with E-state index in [4.69, 9.17) is 19.3 Å². The molecule has 1 fully saturated rings. The van der Waals surface area contributed by atoms with Crippen molar-refractivity contribution in [3.05, 3.63) is 41.5 Å². The molecular formula is C23H30N2O7. The average Bonchev–Trinajstić information content (AvgIpc) is 3.47. The van der Waals surface area contributed by atoms with Crippen molar-refractivity contribution >= 4 is 11.8 Å². The Morgan fingerprint density at radius 2 is 2.12 bits per heavy atom. The van der Waals surface area contributed by atoms with Gasteiger partial charge in [0.2, 0.25) is 11.8 Å². The number of para-hydroxylation sites is 1. The number of ether oxygens (including phenoxy) is 3. The summed E-state index contributed by atoms with van der Waals surface area (Å²) in [5, 5.41) is 23.2. The highest BCUT2D eigenvalue weighted by atomic mass is 16.5. The third kappa shape index (κ3) is 4.25. The molecule has 3 N–H and O–H groups in total. The number of benzene rings is 1. The Balaban J connectivity index is 1.71. The van der Waals surface area contributed by atoms with Crippen LogP contribution in [0.4, 0.5) is 0 Å². The van der Waals surface area contributed by atoms with Crippen LogP contribution >= 0.6 is 0 Å². The van der Waals surface area contributed by atoms with Crippen molar-refractivity contribution in [2.45, 2.75) is 30.6 Å². The van der Waals surface area contributed by atoms with E-state index in [0.29, 0.717) is 31.0 Å². The Kier molecular flexibility index (Phi) is 7.10. The van der Waals surface area contributed by atoms with Crippen molar-refractivity contribution in [2.24, 2.45) is 5.92 Å². The Labute approximate surface area is 186 Å². The van der Waals surface area contributed by atoms with Gasteiger partial charge in [-0.3, -0.25) is 9.59 Å². The predicted octanol–water partition coefficient (Wildman–Crippen LogP) is -0.179. The molecule has 1 aromatic rings. The van der Waals surface area contributed by atoms with E-state index < -0.39 is 24.2 Å². The number of methoxy groups -OCH3 is 1. The lowest BCUT2D eigenvalue weighted by molar-refractivity contribution is -0.142. The van der Waals surface area contributed by atoms with E-state index in [2.05, 4.69) is 5.32 Å². The zero-order valence-electron chi connectivity index (χ0n) is 18.1. The van der Waals surface area contributed by atoms with Crippen LogP contribution in [0.25, 0.3) is 0 Å². The van der Waals surface area contributed by atoms with Gasteiger partial charge >= 0.3 is 0 Å². The van der Waals surface area contributed by atoms with Crippen LogP contribution in [0.3, 0.4) is 0 Å². The number of carbonyl (C=O) groups is 2. The third-order valence-corrected chi connectivity index (χ3v) is 6.34. The molecule has 0 aromatic heterocycles. The van der Waals surface area contributed by atoms with Crippen molar-refractivity contribution < 1.29 is 34.0 Å². The molecule has 1 aliphatic carbocycles. The van der Waals surface area contributed by atoms with E-state index in [1.807, 2.05) is 24.3 Å². The summed E-state index contributed by atoms with van der Waals surface area (Å²) in [7, 11) is 1.55. The quantitative estimate of drug-likeness (QED) is 0.507. The van der Waals surface area contributed by atoms with Crippen LogP contribution in [0.5, 0.6) is 5.75 Å². The number of hydrogen-bond acceptors (Lipinski definition) is 7. The third-order valence-electron chi connectivity index (χ3n) is 6.34. The molecule has 2 heterocycles. The van der Waals surface area contributed by atoms with Crippen LogP contribution < -0.4 is 10.1 Å². The molecule has 0 spiro atoms. The number of carbonyl (C=O) groups excluding carboxylic acids is 2. The number of nitrogens with one attached hydrogen (secondary N) is 1. The summed E-state index contributed by atoms with van der Waals surface area (Å²) in [5.41, 5.74) is 1.24. The van der Waals surface area contributed by atoms with Crippen molar-refractivity contribution in [1.29, 1.82) is 0 Å². The highest BCUT2D eigenvalue weighted by Crippen LogP contribution is 2.47. The highest BCUT2D eigenvalue weighted by molar-refractivity contribution is 5.96. The molecule has 1 saturated heterocycles. The van der Waals surface area contributed by atoms with Gasteiger partial charge in [-0.05, 0) is 18.6 Å². The standard InChI is InChI=1S/C23H30N2O7/c1-30-11-8-25(23(29)14-6-10-31-13-14)17-12-16(22(28)24-7-9-26)19-15-4-2-3-5-18(15)32-21(19)20(17)27/h2-5,12,14,17,19-21,26-27H,6-11,13H2,1H3,(H,24,28)/t14?,17-,19+,20+,21+/m1/s1. The topological polar surface area (TPSA) is 118 Å². The first-order valence-corrected chi connectivity index (χ1v) is 11.0. The maximum atomic E-state index is 13.3. The van der Waals surface area contributed by atoms with Gasteiger partial charge in [0.05, 0.1) is 37.7 Å². The molecule has 1 unspecified atom stereocenters. The first kappa shape index (κ1) is 22.7. The molecule has 3 aliphatic rings. The molecule has 2 aliphatic heterocycles. The second-order valence-corrected chi connectivity index (χ2v) is 8.27. The zero-order chi connectivity index (χ0) is 22.7. The molecule has 4 rings (SSSR count). The molecule has 32 heavy (non-hydrogen) atoms. The Bertz CT molecular complexity index is 868. The van der Waals surface area contributed by atoms with Crippen molar-refractivity contribution in [3.63, 3.8) is 0 Å². The lowest BCUT2D eigenvalue weighted by atomic mass is 9.77. The first-order valence-electron chi connectivity index (χ1n) is 11.0. The summed E-state index contributed by atoms with van der Waals surface area (Å²) in [6, 6.07) is 6.63. The van der Waals surface area contributed by atoms with Gasteiger partial charge in [0.25, 0.3) is 0 Å². The molecular weight excluding hydrogens is 416 g/mol. The van der Waals surface area contributed by atoms with Crippen molar-refractivity contribution in [3.8, 4) is 5.75 Å². The molecule has 174 valence electrons. The summed E-state index contributed by atoms with van der Waals surface area (Å²) >= 11 is 0. The lowest BCUT2D eigenvalue weighted by Gasteiger charge is -2.41. The summed E-state index contributed by atoms with van der Waals surface area (Å²) in [4.78, 5) is 28.0. The van der Waals surface area contributed by atoms with Crippen molar-refractivity contribution in [2.75, 3.05) is 46.6 Å². The number of rotatable bonds is 8. The number of fused-ring (bicyclic) bond motifs is 3. The van der Waals surface area contributed by atoms with Gasteiger partial charge in [-0.1, -0.05) is 18.2 Å². The molecule has 1 aromatic carbocycles. The minimum Gasteiger partial charge on any atom is -0.486 e. The number of aliphatic hydroxyl groups excluding tert-OH is 2. The summed E-state index contributed by atoms with van der Waals surface area (Å²) in [6.45, 7) is 1.33. The molecule has 5 atom stereocenters. The van der Waals surface area contributed by atoms with Crippen LogP contribution in [0, 0.1) is 5.92 Å². The van der Waals surface area contributed by atoms with Crippen LogP contribution in [-0.2, 0) is 19.1 Å². The predicted molar refractivity (Wildman–Crippen MR) is 114 cm³/mol. The molecule has 9 heteroatoms. The SMILES string of the molecule is COCCN(C(=O)C1CCOC1)[C@@H]1C=C(C(=O)NCCO)[C@@H]2c3ccccc3O[C@@H]2[C@H]1O. The normalized spacial score (nSPS) is 28.3. The van der Waals surface area contributed by atoms with E-state index in [-0.39, 0.29) is 44.0 Å².